The number of carbonyl (C=O) groups is 2. The Morgan fingerprint density at radius 3 is 2.31 bits per heavy atom. The van der Waals surface area contributed by atoms with Crippen LogP contribution in [0.25, 0.3) is 10.8 Å². The Balaban J connectivity index is 0.000000451. The van der Waals surface area contributed by atoms with Gasteiger partial charge < -0.3 is 20.5 Å². The topological polar surface area (TPSA) is 115 Å². The molecule has 3 aromatic rings. The predicted molar refractivity (Wildman–Crippen MR) is 112 cm³/mol. The maximum absolute atomic E-state index is 12.3. The number of hydrogen-bond donors (Lipinski definition) is 4. The Morgan fingerprint density at radius 2 is 1.78 bits per heavy atom. The van der Waals surface area contributed by atoms with Crippen LogP contribution >= 0.6 is 11.6 Å². The van der Waals surface area contributed by atoms with Crippen molar-refractivity contribution in [1.29, 1.82) is 0 Å². The molecule has 0 bridgehead atoms. The van der Waals surface area contributed by atoms with Gasteiger partial charge in [0.15, 0.2) is 0 Å². The lowest BCUT2D eigenvalue weighted by atomic mass is 9.99. The van der Waals surface area contributed by atoms with E-state index in [1.807, 2.05) is 50.2 Å². The number of aliphatic hydroxyl groups is 1. The molecule has 0 spiro atoms. The first-order valence-electron chi connectivity index (χ1n) is 9.36. The van der Waals surface area contributed by atoms with Crippen LogP contribution in [0.2, 0.25) is 5.02 Å². The molecule has 0 aliphatic rings. The molecule has 1 heterocycles. The highest BCUT2D eigenvalue weighted by atomic mass is 35.5. The summed E-state index contributed by atoms with van der Waals surface area (Å²) < 4.78 is 31.7. The van der Waals surface area contributed by atoms with Crippen molar-refractivity contribution in [3.05, 3.63) is 64.7 Å². The van der Waals surface area contributed by atoms with E-state index in [2.05, 4.69) is 15.3 Å². The summed E-state index contributed by atoms with van der Waals surface area (Å²) in [6, 6.07) is 11.3. The molecule has 0 saturated carbocycles. The fourth-order valence-corrected chi connectivity index (χ4v) is 3.15. The first-order valence-corrected chi connectivity index (χ1v) is 9.74. The van der Waals surface area contributed by atoms with Crippen LogP contribution in [0.3, 0.4) is 0 Å². The number of aryl methyl sites for hydroxylation is 1. The van der Waals surface area contributed by atoms with E-state index >= 15 is 0 Å². The van der Waals surface area contributed by atoms with Gasteiger partial charge in [-0.25, -0.2) is 9.78 Å². The van der Waals surface area contributed by atoms with Crippen LogP contribution in [-0.2, 0) is 16.0 Å². The van der Waals surface area contributed by atoms with Crippen molar-refractivity contribution < 1.29 is 33.0 Å². The summed E-state index contributed by atoms with van der Waals surface area (Å²) in [4.78, 5) is 28.3. The molecule has 11 heteroatoms. The average molecular weight is 472 g/mol. The molecule has 0 saturated heterocycles. The van der Waals surface area contributed by atoms with Gasteiger partial charge in [-0.05, 0) is 30.9 Å². The Kier molecular flexibility index (Phi) is 8.23. The molecule has 172 valence electrons. The molecular formula is C21H21ClF3N3O4. The summed E-state index contributed by atoms with van der Waals surface area (Å²) in [6.45, 7) is 3.75. The second-order valence-corrected chi connectivity index (χ2v) is 7.32. The van der Waals surface area contributed by atoms with E-state index in [1.165, 1.54) is 0 Å². The van der Waals surface area contributed by atoms with Crippen molar-refractivity contribution in [2.45, 2.75) is 38.6 Å². The van der Waals surface area contributed by atoms with Gasteiger partial charge in [0.1, 0.15) is 6.10 Å². The van der Waals surface area contributed by atoms with Crippen LogP contribution in [0.5, 0.6) is 0 Å². The molecule has 0 fully saturated rings. The number of hydrogen-bond acceptors (Lipinski definition) is 4. The molecule has 0 aliphatic heterocycles. The molecule has 1 amide bonds. The maximum atomic E-state index is 12.3. The number of carboxylic acids is 1. The number of aromatic nitrogens is 2. The molecule has 32 heavy (non-hydrogen) atoms. The highest BCUT2D eigenvalue weighted by molar-refractivity contribution is 6.35. The summed E-state index contributed by atoms with van der Waals surface area (Å²) in [5.74, 6) is -3.18. The van der Waals surface area contributed by atoms with Gasteiger partial charge in [0.2, 0.25) is 5.91 Å². The number of nitrogens with one attached hydrogen (secondary N) is 2. The first kappa shape index (κ1) is 25.2. The summed E-state index contributed by atoms with van der Waals surface area (Å²) in [5.41, 5.74) is 2.49. The summed E-state index contributed by atoms with van der Waals surface area (Å²) >= 11 is 6.25. The van der Waals surface area contributed by atoms with Crippen LogP contribution in [-0.4, -0.2) is 44.3 Å². The number of fused-ring (bicyclic) bond motifs is 1. The summed E-state index contributed by atoms with van der Waals surface area (Å²) in [6.07, 6.45) is -4.50. The molecule has 4 N–H and O–H groups in total. The quantitative estimate of drug-likeness (QED) is 0.450. The van der Waals surface area contributed by atoms with Crippen molar-refractivity contribution in [1.82, 2.24) is 15.3 Å². The zero-order valence-electron chi connectivity index (χ0n) is 17.1. The van der Waals surface area contributed by atoms with E-state index in [1.54, 1.807) is 6.33 Å². The molecule has 2 atom stereocenters. The number of halogens is 4. The number of imidazole rings is 1. The Hall–Kier alpha value is -3.11. The number of carboxylic acid groups (broad SMARTS) is 1. The SMILES string of the molecule is Cc1[nH]cnc1CC(O)C(=O)NC(C)c1ccc(Cl)c2ccccc12.O=C(O)C(F)(F)F. The number of aromatic amines is 1. The van der Waals surface area contributed by atoms with Crippen LogP contribution in [0, 0.1) is 6.92 Å². The number of H-pyrrole nitrogens is 1. The number of amides is 1. The molecular weight excluding hydrogens is 451 g/mol. The largest absolute Gasteiger partial charge is 0.490 e. The van der Waals surface area contributed by atoms with E-state index in [-0.39, 0.29) is 12.5 Å². The van der Waals surface area contributed by atoms with Crippen molar-refractivity contribution >= 4 is 34.2 Å². The molecule has 2 unspecified atom stereocenters. The number of benzene rings is 2. The van der Waals surface area contributed by atoms with Gasteiger partial charge in [0, 0.05) is 22.5 Å². The standard InChI is InChI=1S/C19H20ClN3O2.C2HF3O2/c1-11(13-7-8-16(20)15-6-4-3-5-14(13)15)23-19(25)18(24)9-17-12(2)21-10-22-17;3-2(4,5)1(6)7/h3-8,10-11,18,24H,9H2,1-2H3,(H,21,22)(H,23,25);(H,6,7). The number of carbonyl (C=O) groups excluding carboxylic acids is 1. The van der Waals surface area contributed by atoms with E-state index in [9.17, 15) is 23.1 Å². The van der Waals surface area contributed by atoms with Gasteiger partial charge in [0.05, 0.1) is 18.1 Å². The van der Waals surface area contributed by atoms with E-state index < -0.39 is 24.2 Å². The van der Waals surface area contributed by atoms with Gasteiger partial charge >= 0.3 is 12.1 Å². The van der Waals surface area contributed by atoms with Gasteiger partial charge in [-0.15, -0.1) is 0 Å². The Bertz CT molecular complexity index is 1100. The van der Waals surface area contributed by atoms with E-state index in [0.29, 0.717) is 10.7 Å². The lowest BCUT2D eigenvalue weighted by Crippen LogP contribution is -2.37. The summed E-state index contributed by atoms with van der Waals surface area (Å²) in [5, 5.41) is 22.8. The van der Waals surface area contributed by atoms with E-state index in [4.69, 9.17) is 21.5 Å². The molecule has 0 aliphatic carbocycles. The minimum atomic E-state index is -5.08. The maximum Gasteiger partial charge on any atom is 0.490 e. The Morgan fingerprint density at radius 1 is 1.19 bits per heavy atom. The van der Waals surface area contributed by atoms with Gasteiger partial charge in [-0.1, -0.05) is 41.9 Å². The van der Waals surface area contributed by atoms with Crippen LogP contribution in [0.4, 0.5) is 13.2 Å². The van der Waals surface area contributed by atoms with Crippen molar-refractivity contribution in [2.24, 2.45) is 0 Å². The second-order valence-electron chi connectivity index (χ2n) is 6.91. The van der Waals surface area contributed by atoms with Crippen LogP contribution in [0.15, 0.2) is 42.7 Å². The van der Waals surface area contributed by atoms with Crippen molar-refractivity contribution in [3.8, 4) is 0 Å². The molecule has 7 nitrogen and oxygen atoms in total. The highest BCUT2D eigenvalue weighted by Crippen LogP contribution is 2.29. The average Bonchev–Trinajstić information content (AvgIpc) is 3.12. The first-order chi connectivity index (χ1) is 14.9. The monoisotopic (exact) mass is 471 g/mol. The van der Waals surface area contributed by atoms with Gasteiger partial charge in [-0.2, -0.15) is 13.2 Å². The van der Waals surface area contributed by atoms with Gasteiger partial charge in [-0.3, -0.25) is 4.79 Å². The third-order valence-electron chi connectivity index (χ3n) is 4.60. The third kappa shape index (κ3) is 6.44. The van der Waals surface area contributed by atoms with E-state index in [0.717, 1.165) is 22.0 Å². The zero-order chi connectivity index (χ0) is 24.1. The number of aliphatic carboxylic acids is 1. The van der Waals surface area contributed by atoms with Gasteiger partial charge in [0.25, 0.3) is 0 Å². The molecule has 2 aromatic carbocycles. The molecule has 0 radical (unpaired) electrons. The van der Waals surface area contributed by atoms with Crippen LogP contribution in [0.1, 0.15) is 29.9 Å². The smallest absolute Gasteiger partial charge is 0.475 e. The molecule has 3 rings (SSSR count). The third-order valence-corrected chi connectivity index (χ3v) is 4.93. The Labute approximate surface area is 186 Å². The van der Waals surface area contributed by atoms with Crippen LogP contribution < -0.4 is 5.32 Å². The predicted octanol–water partition coefficient (Wildman–Crippen LogP) is 3.94. The highest BCUT2D eigenvalue weighted by Gasteiger charge is 2.38. The number of alkyl halides is 3. The minimum Gasteiger partial charge on any atom is -0.475 e. The normalized spacial score (nSPS) is 13.1. The number of rotatable bonds is 5. The summed E-state index contributed by atoms with van der Waals surface area (Å²) in [7, 11) is 0. The molecule has 1 aromatic heterocycles. The lowest BCUT2D eigenvalue weighted by molar-refractivity contribution is -0.192. The number of aliphatic hydroxyl groups excluding tert-OH is 1. The minimum absolute atomic E-state index is 0.176. The number of nitrogens with zero attached hydrogens (tertiary/aromatic N) is 1. The lowest BCUT2D eigenvalue weighted by Gasteiger charge is -2.19. The second kappa shape index (κ2) is 10.5. The fraction of sp³-hybridized carbons (Fsp3) is 0.286. The van der Waals surface area contributed by atoms with Crippen molar-refractivity contribution in [2.75, 3.05) is 0 Å². The fourth-order valence-electron chi connectivity index (χ4n) is 2.92. The van der Waals surface area contributed by atoms with Crippen molar-refractivity contribution in [3.63, 3.8) is 0 Å². The zero-order valence-corrected chi connectivity index (χ0v) is 17.8.